The fraction of sp³-hybridized carbons (Fsp3) is 0.542. The second kappa shape index (κ2) is 9.05. The van der Waals surface area contributed by atoms with Crippen molar-refractivity contribution in [2.75, 3.05) is 0 Å². The predicted octanol–water partition coefficient (Wildman–Crippen LogP) is 5.66. The number of halogens is 1. The van der Waals surface area contributed by atoms with Crippen molar-refractivity contribution in [3.05, 3.63) is 65.2 Å². The van der Waals surface area contributed by atoms with Gasteiger partial charge in [-0.05, 0) is 80.8 Å². The summed E-state index contributed by atoms with van der Waals surface area (Å²) in [4.78, 5) is 4.19. The van der Waals surface area contributed by atoms with Gasteiger partial charge >= 0.3 is 0 Å². The fourth-order valence-corrected chi connectivity index (χ4v) is 4.66. The molecule has 3 nitrogen and oxygen atoms in total. The number of benzene rings is 1. The Hall–Kier alpha value is -1.59. The lowest BCUT2D eigenvalue weighted by Gasteiger charge is -2.38. The second-order valence-electron chi connectivity index (χ2n) is 9.16. The highest BCUT2D eigenvalue weighted by Gasteiger charge is 2.40. The Morgan fingerprint density at radius 1 is 1.14 bits per heavy atom. The van der Waals surface area contributed by atoms with Crippen LogP contribution in [0.2, 0.25) is 0 Å². The molecule has 0 saturated heterocycles. The molecule has 1 aromatic heterocycles. The molecule has 1 aliphatic rings. The Balaban J connectivity index is 2.14. The van der Waals surface area contributed by atoms with E-state index in [-0.39, 0.29) is 5.82 Å². The Morgan fingerprint density at radius 2 is 1.83 bits per heavy atom. The van der Waals surface area contributed by atoms with Crippen LogP contribution in [0.3, 0.4) is 0 Å². The summed E-state index contributed by atoms with van der Waals surface area (Å²) in [6.45, 7) is 7.98. The number of nitrogens with zero attached hydrogens (tertiary/aromatic N) is 1. The van der Waals surface area contributed by atoms with E-state index in [0.717, 1.165) is 41.9 Å². The molecule has 1 fully saturated rings. The first-order valence-electron chi connectivity index (χ1n) is 10.7. The second-order valence-corrected chi connectivity index (χ2v) is 11.1. The van der Waals surface area contributed by atoms with Crippen LogP contribution in [-0.4, -0.2) is 13.9 Å². The molecule has 2 aromatic rings. The van der Waals surface area contributed by atoms with Crippen molar-refractivity contribution in [2.45, 2.75) is 76.5 Å². The molecule has 0 amide bonds. The summed E-state index contributed by atoms with van der Waals surface area (Å²) in [7, 11) is -1.28. The maximum absolute atomic E-state index is 14.4. The molecule has 2 atom stereocenters. The van der Waals surface area contributed by atoms with Gasteiger partial charge < -0.3 is 0 Å². The van der Waals surface area contributed by atoms with Gasteiger partial charge in [-0.2, -0.15) is 0 Å². The summed E-state index contributed by atoms with van der Waals surface area (Å²) < 4.78 is 30.8. The van der Waals surface area contributed by atoms with Crippen LogP contribution in [0.15, 0.2) is 42.7 Å². The predicted molar refractivity (Wildman–Crippen MR) is 118 cm³/mol. The van der Waals surface area contributed by atoms with Crippen LogP contribution in [0.25, 0.3) is 0 Å². The molecule has 1 saturated carbocycles. The Kier molecular flexibility index (Phi) is 6.90. The normalized spacial score (nSPS) is 17.7. The molecule has 158 valence electrons. The summed E-state index contributed by atoms with van der Waals surface area (Å²) in [6, 6.07) is 9.37. The largest absolute Gasteiger partial charge is 0.265 e. The van der Waals surface area contributed by atoms with E-state index in [1.54, 1.807) is 18.5 Å². The van der Waals surface area contributed by atoms with Gasteiger partial charge in [0.05, 0.1) is 21.3 Å². The maximum atomic E-state index is 14.4. The van der Waals surface area contributed by atoms with Gasteiger partial charge in [0.2, 0.25) is 0 Å². The number of pyridine rings is 1. The molecule has 29 heavy (non-hydrogen) atoms. The van der Waals surface area contributed by atoms with Crippen LogP contribution in [0, 0.1) is 11.7 Å². The molecule has 3 rings (SSSR count). The molecule has 1 aliphatic carbocycles. The third kappa shape index (κ3) is 5.32. The Labute approximate surface area is 177 Å². The minimum absolute atomic E-state index is 0.168. The van der Waals surface area contributed by atoms with E-state index < -0.39 is 21.3 Å². The zero-order valence-electron chi connectivity index (χ0n) is 18.0. The molecule has 0 radical (unpaired) electrons. The minimum atomic E-state index is -1.28. The molecule has 2 unspecified atom stereocenters. The maximum Gasteiger partial charge on any atom is 0.126 e. The first kappa shape index (κ1) is 22.1. The number of hydrogen-bond acceptors (Lipinski definition) is 2. The smallest absolute Gasteiger partial charge is 0.126 e. The van der Waals surface area contributed by atoms with E-state index in [1.165, 1.54) is 12.8 Å². The SMILES string of the molecule is CCCc1cc(C(CCC2CC2)(NS(=O)C(C)(C)C)c2ccncc2)ccc1F. The zero-order valence-corrected chi connectivity index (χ0v) is 18.8. The summed E-state index contributed by atoms with van der Waals surface area (Å²) in [6.07, 6.45) is 9.53. The van der Waals surface area contributed by atoms with Gasteiger partial charge in [-0.15, -0.1) is 0 Å². The van der Waals surface area contributed by atoms with E-state index in [0.29, 0.717) is 6.42 Å². The topological polar surface area (TPSA) is 42.0 Å². The first-order chi connectivity index (χ1) is 13.8. The van der Waals surface area contributed by atoms with Crippen molar-refractivity contribution in [3.63, 3.8) is 0 Å². The van der Waals surface area contributed by atoms with Crippen molar-refractivity contribution in [3.8, 4) is 0 Å². The van der Waals surface area contributed by atoms with Crippen LogP contribution in [-0.2, 0) is 22.9 Å². The minimum Gasteiger partial charge on any atom is -0.265 e. The summed E-state index contributed by atoms with van der Waals surface area (Å²) in [5.74, 6) is 0.565. The molecular formula is C24H33FN2OS. The molecule has 1 aromatic carbocycles. The lowest BCUT2D eigenvalue weighted by atomic mass is 9.79. The lowest BCUT2D eigenvalue weighted by molar-refractivity contribution is 0.414. The standard InChI is InChI=1S/C24H33FN2OS/c1-5-6-19-17-21(9-10-22(19)25)24(14-11-18-7-8-18,20-12-15-26-16-13-20)27-29(28)23(2,3)4/h9-10,12-13,15-18,27H,5-8,11,14H2,1-4H3. The zero-order chi connectivity index (χ0) is 21.1. The van der Waals surface area contributed by atoms with Crippen molar-refractivity contribution >= 4 is 11.0 Å². The third-order valence-electron chi connectivity index (χ3n) is 5.68. The molecule has 1 heterocycles. The first-order valence-corrected chi connectivity index (χ1v) is 11.8. The highest BCUT2D eigenvalue weighted by atomic mass is 32.2. The van der Waals surface area contributed by atoms with E-state index in [2.05, 4.69) is 16.6 Å². The average Bonchev–Trinajstić information content (AvgIpc) is 3.51. The van der Waals surface area contributed by atoms with Crippen LogP contribution < -0.4 is 4.72 Å². The molecule has 1 N–H and O–H groups in total. The van der Waals surface area contributed by atoms with Crippen molar-refractivity contribution < 1.29 is 8.60 Å². The Bertz CT molecular complexity index is 846. The van der Waals surface area contributed by atoms with E-state index in [9.17, 15) is 8.60 Å². The molecule has 0 spiro atoms. The molecule has 0 aliphatic heterocycles. The molecular weight excluding hydrogens is 383 g/mol. The number of aryl methyl sites for hydroxylation is 1. The fourth-order valence-electron chi connectivity index (χ4n) is 3.70. The van der Waals surface area contributed by atoms with Gasteiger partial charge in [0.25, 0.3) is 0 Å². The summed E-state index contributed by atoms with van der Waals surface area (Å²) >= 11 is 0. The van der Waals surface area contributed by atoms with Gasteiger partial charge in [-0.25, -0.2) is 13.3 Å². The van der Waals surface area contributed by atoms with Crippen LogP contribution in [0.4, 0.5) is 4.39 Å². The van der Waals surface area contributed by atoms with Crippen molar-refractivity contribution in [1.29, 1.82) is 0 Å². The summed E-state index contributed by atoms with van der Waals surface area (Å²) in [5.41, 5.74) is 2.09. The van der Waals surface area contributed by atoms with Crippen LogP contribution in [0.5, 0.6) is 0 Å². The third-order valence-corrected chi connectivity index (χ3v) is 7.32. The van der Waals surface area contributed by atoms with Gasteiger partial charge in [-0.3, -0.25) is 4.98 Å². The van der Waals surface area contributed by atoms with Crippen molar-refractivity contribution in [1.82, 2.24) is 9.71 Å². The molecule has 0 bridgehead atoms. The number of hydrogen-bond donors (Lipinski definition) is 1. The van der Waals surface area contributed by atoms with E-state index in [1.807, 2.05) is 45.0 Å². The molecule has 5 heteroatoms. The monoisotopic (exact) mass is 416 g/mol. The van der Waals surface area contributed by atoms with Crippen LogP contribution >= 0.6 is 0 Å². The van der Waals surface area contributed by atoms with Crippen molar-refractivity contribution in [2.24, 2.45) is 5.92 Å². The van der Waals surface area contributed by atoms with Gasteiger partial charge in [-0.1, -0.05) is 38.3 Å². The van der Waals surface area contributed by atoms with E-state index >= 15 is 0 Å². The van der Waals surface area contributed by atoms with Gasteiger partial charge in [0.15, 0.2) is 0 Å². The van der Waals surface area contributed by atoms with Gasteiger partial charge in [0, 0.05) is 12.4 Å². The lowest BCUT2D eigenvalue weighted by Crippen LogP contribution is -2.49. The Morgan fingerprint density at radius 3 is 2.41 bits per heavy atom. The average molecular weight is 417 g/mol. The number of aromatic nitrogens is 1. The highest BCUT2D eigenvalue weighted by Crippen LogP contribution is 2.42. The number of nitrogens with one attached hydrogen (secondary N) is 1. The van der Waals surface area contributed by atoms with Gasteiger partial charge in [0.1, 0.15) is 5.82 Å². The quantitative estimate of drug-likeness (QED) is 0.573. The highest BCUT2D eigenvalue weighted by molar-refractivity contribution is 7.84. The van der Waals surface area contributed by atoms with Crippen LogP contribution in [0.1, 0.15) is 76.5 Å². The summed E-state index contributed by atoms with van der Waals surface area (Å²) in [5, 5.41) is 0. The van der Waals surface area contributed by atoms with E-state index in [4.69, 9.17) is 0 Å². The number of rotatable bonds is 9.